The molecule has 1 aliphatic heterocycles. The second-order valence-corrected chi connectivity index (χ2v) is 3.93. The molecule has 0 bridgehead atoms. The number of nitrogen functional groups attached to an aromatic ring is 1. The Bertz CT molecular complexity index is 585. The van der Waals surface area contributed by atoms with Gasteiger partial charge in [0.2, 0.25) is 5.95 Å². The molecular weight excluding hydrogens is 224 g/mol. The van der Waals surface area contributed by atoms with E-state index in [1.165, 1.54) is 0 Å². The number of imidazole rings is 1. The number of fused-ring (bicyclic) bond motifs is 3. The normalized spacial score (nSPS) is 18.1. The molecule has 0 amide bonds. The SMILES string of the molecule is CC1=Nc2nc3cccc(N)c3n2C1C.Cl. The number of halogens is 1. The van der Waals surface area contributed by atoms with Crippen LogP contribution in [0.1, 0.15) is 19.9 Å². The van der Waals surface area contributed by atoms with Crippen LogP contribution in [0.5, 0.6) is 0 Å². The minimum atomic E-state index is 0. The van der Waals surface area contributed by atoms with Gasteiger partial charge < -0.3 is 5.73 Å². The maximum atomic E-state index is 5.97. The van der Waals surface area contributed by atoms with Gasteiger partial charge in [-0.1, -0.05) is 6.07 Å². The summed E-state index contributed by atoms with van der Waals surface area (Å²) >= 11 is 0. The van der Waals surface area contributed by atoms with Gasteiger partial charge in [-0.25, -0.2) is 9.98 Å². The van der Waals surface area contributed by atoms with Crippen molar-refractivity contribution in [2.45, 2.75) is 19.9 Å². The van der Waals surface area contributed by atoms with Crippen LogP contribution in [0, 0.1) is 0 Å². The van der Waals surface area contributed by atoms with E-state index < -0.39 is 0 Å². The second kappa shape index (κ2) is 3.49. The summed E-state index contributed by atoms with van der Waals surface area (Å²) in [6.07, 6.45) is 0. The molecule has 0 saturated heterocycles. The molecule has 2 N–H and O–H groups in total. The minimum absolute atomic E-state index is 0. The molecule has 1 aromatic heterocycles. The molecule has 0 radical (unpaired) electrons. The Morgan fingerprint density at radius 3 is 2.88 bits per heavy atom. The summed E-state index contributed by atoms with van der Waals surface area (Å²) in [6, 6.07) is 6.04. The van der Waals surface area contributed by atoms with Crippen LogP contribution in [0.3, 0.4) is 0 Å². The van der Waals surface area contributed by atoms with Gasteiger partial charge in [0.1, 0.15) is 0 Å². The van der Waals surface area contributed by atoms with E-state index in [0.29, 0.717) is 0 Å². The molecule has 16 heavy (non-hydrogen) atoms. The molecule has 3 rings (SSSR count). The second-order valence-electron chi connectivity index (χ2n) is 3.93. The Balaban J connectivity index is 0.000000963. The van der Waals surface area contributed by atoms with Crippen molar-refractivity contribution in [3.63, 3.8) is 0 Å². The van der Waals surface area contributed by atoms with Crippen molar-refractivity contribution in [1.82, 2.24) is 9.55 Å². The topological polar surface area (TPSA) is 56.2 Å². The van der Waals surface area contributed by atoms with Crippen LogP contribution >= 0.6 is 12.4 Å². The van der Waals surface area contributed by atoms with Gasteiger partial charge in [-0.05, 0) is 26.0 Å². The molecule has 5 heteroatoms. The maximum Gasteiger partial charge on any atom is 0.231 e. The van der Waals surface area contributed by atoms with Gasteiger partial charge in [0.25, 0.3) is 0 Å². The van der Waals surface area contributed by atoms with E-state index in [0.717, 1.165) is 28.4 Å². The monoisotopic (exact) mass is 236 g/mol. The molecule has 1 atom stereocenters. The van der Waals surface area contributed by atoms with Crippen LogP contribution in [0.25, 0.3) is 11.0 Å². The van der Waals surface area contributed by atoms with Crippen LogP contribution in [0.15, 0.2) is 23.2 Å². The summed E-state index contributed by atoms with van der Waals surface area (Å²) in [7, 11) is 0. The first-order valence-electron chi connectivity index (χ1n) is 5.00. The molecule has 0 saturated carbocycles. The van der Waals surface area contributed by atoms with E-state index in [2.05, 4.69) is 21.5 Å². The number of anilines is 1. The van der Waals surface area contributed by atoms with Gasteiger partial charge in [-0.3, -0.25) is 4.57 Å². The zero-order chi connectivity index (χ0) is 10.6. The highest BCUT2D eigenvalue weighted by Gasteiger charge is 2.24. The highest BCUT2D eigenvalue weighted by atomic mass is 35.5. The van der Waals surface area contributed by atoms with Gasteiger partial charge in [0.05, 0.1) is 22.8 Å². The number of benzene rings is 1. The quantitative estimate of drug-likeness (QED) is 0.715. The molecule has 2 heterocycles. The lowest BCUT2D eigenvalue weighted by atomic mass is 10.2. The van der Waals surface area contributed by atoms with Gasteiger partial charge in [0, 0.05) is 5.71 Å². The van der Waals surface area contributed by atoms with E-state index in [4.69, 9.17) is 5.73 Å². The van der Waals surface area contributed by atoms with Gasteiger partial charge in [-0.15, -0.1) is 12.4 Å². The smallest absolute Gasteiger partial charge is 0.231 e. The number of hydrogen-bond acceptors (Lipinski definition) is 3. The molecule has 1 unspecified atom stereocenters. The predicted octanol–water partition coefficient (Wildman–Crippen LogP) is 2.71. The van der Waals surface area contributed by atoms with Crippen LogP contribution in [-0.2, 0) is 0 Å². The van der Waals surface area contributed by atoms with Crippen LogP contribution in [0.4, 0.5) is 11.6 Å². The molecule has 0 spiro atoms. The highest BCUT2D eigenvalue weighted by molar-refractivity contribution is 5.97. The predicted molar refractivity (Wildman–Crippen MR) is 68.9 cm³/mol. The number of nitrogens with two attached hydrogens (primary N) is 1. The fourth-order valence-electron chi connectivity index (χ4n) is 2.05. The molecule has 1 aliphatic rings. The number of nitrogens with zero attached hydrogens (tertiary/aromatic N) is 3. The Hall–Kier alpha value is -1.55. The zero-order valence-electron chi connectivity index (χ0n) is 9.14. The van der Waals surface area contributed by atoms with E-state index in [1.54, 1.807) is 0 Å². The van der Waals surface area contributed by atoms with Crippen LogP contribution in [0.2, 0.25) is 0 Å². The number of rotatable bonds is 0. The zero-order valence-corrected chi connectivity index (χ0v) is 9.95. The average Bonchev–Trinajstić information content (AvgIpc) is 2.66. The molecule has 4 nitrogen and oxygen atoms in total. The fourth-order valence-corrected chi connectivity index (χ4v) is 2.05. The fraction of sp³-hybridized carbons (Fsp3) is 0.273. The van der Waals surface area contributed by atoms with Crippen molar-refractivity contribution in [3.8, 4) is 0 Å². The molecule has 1 aromatic carbocycles. The summed E-state index contributed by atoms with van der Waals surface area (Å²) in [6.45, 7) is 4.13. The standard InChI is InChI=1S/C11H12N4.ClH/c1-6-7(2)15-10-8(12)4-3-5-9(10)14-11(15)13-6;/h3-5,7H,12H2,1-2H3;1H. The van der Waals surface area contributed by atoms with Gasteiger partial charge in [0.15, 0.2) is 0 Å². The summed E-state index contributed by atoms with van der Waals surface area (Å²) in [5.41, 5.74) is 9.75. The number of aromatic nitrogens is 2. The van der Waals surface area contributed by atoms with E-state index in [-0.39, 0.29) is 18.4 Å². The molecule has 84 valence electrons. The van der Waals surface area contributed by atoms with Gasteiger partial charge >= 0.3 is 0 Å². The van der Waals surface area contributed by atoms with Crippen LogP contribution < -0.4 is 5.73 Å². The van der Waals surface area contributed by atoms with Crippen molar-refractivity contribution in [2.75, 3.05) is 5.73 Å². The third-order valence-electron chi connectivity index (χ3n) is 2.99. The lowest BCUT2D eigenvalue weighted by Crippen LogP contribution is -2.07. The van der Waals surface area contributed by atoms with Crippen molar-refractivity contribution < 1.29 is 0 Å². The van der Waals surface area contributed by atoms with Crippen LogP contribution in [-0.4, -0.2) is 15.3 Å². The Morgan fingerprint density at radius 1 is 1.38 bits per heavy atom. The molecule has 0 aliphatic carbocycles. The average molecular weight is 237 g/mol. The maximum absolute atomic E-state index is 5.97. The summed E-state index contributed by atoms with van der Waals surface area (Å²) in [5.74, 6) is 0.771. The number of para-hydroxylation sites is 1. The third kappa shape index (κ3) is 1.23. The number of aliphatic imine (C=N–C) groups is 1. The molecule has 0 fully saturated rings. The Labute approximate surface area is 99.6 Å². The first-order chi connectivity index (χ1) is 7.18. The Kier molecular flexibility index (Phi) is 2.39. The lowest BCUT2D eigenvalue weighted by Gasteiger charge is -2.09. The summed E-state index contributed by atoms with van der Waals surface area (Å²) in [4.78, 5) is 8.87. The molecular formula is C11H13ClN4. The highest BCUT2D eigenvalue weighted by Crippen LogP contribution is 2.34. The first kappa shape index (κ1) is 11.0. The van der Waals surface area contributed by atoms with Crippen molar-refractivity contribution in [2.24, 2.45) is 4.99 Å². The van der Waals surface area contributed by atoms with Crippen molar-refractivity contribution in [1.29, 1.82) is 0 Å². The minimum Gasteiger partial charge on any atom is -0.397 e. The third-order valence-corrected chi connectivity index (χ3v) is 2.99. The van der Waals surface area contributed by atoms with E-state index >= 15 is 0 Å². The summed E-state index contributed by atoms with van der Waals surface area (Å²) < 4.78 is 2.10. The van der Waals surface area contributed by atoms with E-state index in [1.807, 2.05) is 25.1 Å². The lowest BCUT2D eigenvalue weighted by molar-refractivity contribution is 0.751. The Morgan fingerprint density at radius 2 is 2.12 bits per heavy atom. The first-order valence-corrected chi connectivity index (χ1v) is 5.00. The number of hydrogen-bond donors (Lipinski definition) is 1. The van der Waals surface area contributed by atoms with Crippen molar-refractivity contribution >= 4 is 40.8 Å². The summed E-state index contributed by atoms with van der Waals surface area (Å²) in [5, 5.41) is 0. The van der Waals surface area contributed by atoms with Gasteiger partial charge in [-0.2, -0.15) is 0 Å². The largest absolute Gasteiger partial charge is 0.397 e. The molecule has 2 aromatic rings. The van der Waals surface area contributed by atoms with Crippen molar-refractivity contribution in [3.05, 3.63) is 18.2 Å². The van der Waals surface area contributed by atoms with E-state index in [9.17, 15) is 0 Å².